The number of ether oxygens (including phenoxy) is 2. The van der Waals surface area contributed by atoms with E-state index in [0.717, 1.165) is 0 Å². The molecule has 25 heavy (non-hydrogen) atoms. The van der Waals surface area contributed by atoms with Gasteiger partial charge in [-0.05, 0) is 50.2 Å². The first-order valence-electron chi connectivity index (χ1n) is 7.85. The molecular weight excluding hydrogens is 320 g/mol. The lowest BCUT2D eigenvalue weighted by Gasteiger charge is -2.18. The Balaban J connectivity index is 2.04. The topological polar surface area (TPSA) is 76.7 Å². The van der Waals surface area contributed by atoms with E-state index in [2.05, 4.69) is 10.6 Å². The number of hydrogen-bond acceptors (Lipinski definition) is 5. The molecule has 0 spiro atoms. The first-order chi connectivity index (χ1) is 11.9. The quantitative estimate of drug-likeness (QED) is 0.755. The van der Waals surface area contributed by atoms with Gasteiger partial charge < -0.3 is 20.1 Å². The number of rotatable bonds is 7. The van der Waals surface area contributed by atoms with Gasteiger partial charge in [-0.2, -0.15) is 0 Å². The summed E-state index contributed by atoms with van der Waals surface area (Å²) in [5.74, 6) is 1.04. The van der Waals surface area contributed by atoms with E-state index in [1.807, 2.05) is 0 Å². The number of carbonyl (C=O) groups is 2. The number of Topliss-reactive ketones (excluding diaryl/α,β-unsaturated/α-hetero) is 1. The summed E-state index contributed by atoms with van der Waals surface area (Å²) in [4.78, 5) is 23.6. The van der Waals surface area contributed by atoms with Gasteiger partial charge in [0, 0.05) is 17.3 Å². The van der Waals surface area contributed by atoms with Crippen LogP contribution >= 0.6 is 0 Å². The number of benzene rings is 2. The maximum Gasteiger partial charge on any atom is 0.246 e. The van der Waals surface area contributed by atoms with Crippen molar-refractivity contribution in [1.29, 1.82) is 0 Å². The molecule has 2 aromatic carbocycles. The maximum absolute atomic E-state index is 12.4. The van der Waals surface area contributed by atoms with Crippen molar-refractivity contribution in [3.05, 3.63) is 48.0 Å². The molecule has 6 heteroatoms. The monoisotopic (exact) mass is 342 g/mol. The predicted octanol–water partition coefficient (Wildman–Crippen LogP) is 3.35. The van der Waals surface area contributed by atoms with Gasteiger partial charge >= 0.3 is 0 Å². The van der Waals surface area contributed by atoms with Gasteiger partial charge in [-0.1, -0.05) is 0 Å². The molecule has 0 aliphatic heterocycles. The van der Waals surface area contributed by atoms with Crippen LogP contribution in [0.15, 0.2) is 42.5 Å². The molecule has 2 N–H and O–H groups in total. The average molecular weight is 342 g/mol. The van der Waals surface area contributed by atoms with Crippen LogP contribution in [0.1, 0.15) is 24.2 Å². The lowest BCUT2D eigenvalue weighted by atomic mass is 10.1. The van der Waals surface area contributed by atoms with Crippen molar-refractivity contribution in [3.63, 3.8) is 0 Å². The summed E-state index contributed by atoms with van der Waals surface area (Å²) in [5, 5.41) is 5.93. The Morgan fingerprint density at radius 3 is 2.24 bits per heavy atom. The Bertz CT molecular complexity index is 757. The Labute approximate surface area is 147 Å². The molecule has 0 bridgehead atoms. The van der Waals surface area contributed by atoms with Gasteiger partial charge in [0.05, 0.1) is 19.9 Å². The van der Waals surface area contributed by atoms with E-state index in [1.54, 1.807) is 63.6 Å². The maximum atomic E-state index is 12.4. The summed E-state index contributed by atoms with van der Waals surface area (Å²) in [6.45, 7) is 3.25. The van der Waals surface area contributed by atoms with Crippen molar-refractivity contribution < 1.29 is 19.1 Å². The third kappa shape index (κ3) is 4.73. The Morgan fingerprint density at radius 1 is 1.00 bits per heavy atom. The van der Waals surface area contributed by atoms with Gasteiger partial charge in [0.25, 0.3) is 0 Å². The molecule has 2 aromatic rings. The van der Waals surface area contributed by atoms with Gasteiger partial charge in [0.15, 0.2) is 5.78 Å². The highest BCUT2D eigenvalue weighted by atomic mass is 16.5. The first kappa shape index (κ1) is 18.3. The standard InChI is InChI=1S/C19H22N2O4/c1-12(20-17-10-9-16(24-3)11-18(17)25-4)19(23)21-15-7-5-14(6-8-15)13(2)22/h5-12,20H,1-4H3,(H,21,23). The lowest BCUT2D eigenvalue weighted by Crippen LogP contribution is -2.32. The van der Waals surface area contributed by atoms with Gasteiger partial charge in [0.1, 0.15) is 17.5 Å². The second-order valence-corrected chi connectivity index (χ2v) is 5.56. The normalized spacial score (nSPS) is 11.4. The molecule has 0 aromatic heterocycles. The minimum absolute atomic E-state index is 0.0143. The summed E-state index contributed by atoms with van der Waals surface area (Å²) >= 11 is 0. The summed E-state index contributed by atoms with van der Waals surface area (Å²) in [5.41, 5.74) is 1.93. The molecule has 2 rings (SSSR count). The van der Waals surface area contributed by atoms with E-state index in [4.69, 9.17) is 9.47 Å². The van der Waals surface area contributed by atoms with Crippen LogP contribution < -0.4 is 20.1 Å². The van der Waals surface area contributed by atoms with Crippen molar-refractivity contribution in [2.45, 2.75) is 19.9 Å². The third-order valence-electron chi connectivity index (χ3n) is 3.73. The summed E-state index contributed by atoms with van der Waals surface area (Å²) < 4.78 is 10.5. The first-order valence-corrected chi connectivity index (χ1v) is 7.85. The number of carbonyl (C=O) groups excluding carboxylic acids is 2. The number of amides is 1. The van der Waals surface area contributed by atoms with Crippen LogP contribution in [0.2, 0.25) is 0 Å². The molecule has 0 heterocycles. The van der Waals surface area contributed by atoms with Gasteiger partial charge in [-0.15, -0.1) is 0 Å². The second kappa shape index (κ2) is 8.19. The minimum Gasteiger partial charge on any atom is -0.497 e. The summed E-state index contributed by atoms with van der Waals surface area (Å²) in [7, 11) is 3.14. The van der Waals surface area contributed by atoms with E-state index in [0.29, 0.717) is 28.4 Å². The van der Waals surface area contributed by atoms with E-state index in [9.17, 15) is 9.59 Å². The number of nitrogens with one attached hydrogen (secondary N) is 2. The van der Waals surface area contributed by atoms with Crippen LogP contribution in [0.3, 0.4) is 0 Å². The summed E-state index contributed by atoms with van der Waals surface area (Å²) in [6.07, 6.45) is 0. The molecule has 0 fully saturated rings. The highest BCUT2D eigenvalue weighted by Gasteiger charge is 2.15. The Hall–Kier alpha value is -3.02. The molecule has 0 radical (unpaired) electrons. The highest BCUT2D eigenvalue weighted by molar-refractivity contribution is 5.98. The van der Waals surface area contributed by atoms with Gasteiger partial charge in [-0.25, -0.2) is 0 Å². The molecule has 0 aliphatic rings. The van der Waals surface area contributed by atoms with Crippen molar-refractivity contribution in [1.82, 2.24) is 0 Å². The molecule has 0 aliphatic carbocycles. The van der Waals surface area contributed by atoms with Crippen molar-refractivity contribution in [2.24, 2.45) is 0 Å². The van der Waals surface area contributed by atoms with E-state index in [1.165, 1.54) is 6.92 Å². The number of ketones is 1. The Kier molecular flexibility index (Phi) is 6.00. The third-order valence-corrected chi connectivity index (χ3v) is 3.73. The van der Waals surface area contributed by atoms with E-state index in [-0.39, 0.29) is 11.7 Å². The molecule has 0 saturated heterocycles. The fraction of sp³-hybridized carbons (Fsp3) is 0.263. The molecule has 1 unspecified atom stereocenters. The average Bonchev–Trinajstić information content (AvgIpc) is 2.62. The zero-order valence-corrected chi connectivity index (χ0v) is 14.8. The smallest absolute Gasteiger partial charge is 0.246 e. The zero-order chi connectivity index (χ0) is 18.4. The fourth-order valence-corrected chi connectivity index (χ4v) is 2.26. The Morgan fingerprint density at radius 2 is 1.68 bits per heavy atom. The molecule has 6 nitrogen and oxygen atoms in total. The number of methoxy groups -OCH3 is 2. The molecule has 0 saturated carbocycles. The van der Waals surface area contributed by atoms with Crippen LogP contribution in [-0.4, -0.2) is 32.0 Å². The minimum atomic E-state index is -0.491. The highest BCUT2D eigenvalue weighted by Crippen LogP contribution is 2.29. The van der Waals surface area contributed by atoms with Crippen LogP contribution in [0.5, 0.6) is 11.5 Å². The number of hydrogen-bond donors (Lipinski definition) is 2. The molecule has 1 amide bonds. The fourth-order valence-electron chi connectivity index (χ4n) is 2.26. The van der Waals surface area contributed by atoms with Crippen LogP contribution in [0, 0.1) is 0 Å². The largest absolute Gasteiger partial charge is 0.497 e. The molecular formula is C19H22N2O4. The SMILES string of the molecule is COc1ccc(NC(C)C(=O)Nc2ccc(C(C)=O)cc2)c(OC)c1. The summed E-state index contributed by atoms with van der Waals surface area (Å²) in [6, 6.07) is 11.6. The lowest BCUT2D eigenvalue weighted by molar-refractivity contribution is -0.116. The van der Waals surface area contributed by atoms with Gasteiger partial charge in [-0.3, -0.25) is 9.59 Å². The van der Waals surface area contributed by atoms with E-state index >= 15 is 0 Å². The molecule has 132 valence electrons. The number of anilines is 2. The van der Waals surface area contributed by atoms with Crippen molar-refractivity contribution >= 4 is 23.1 Å². The predicted molar refractivity (Wildman–Crippen MR) is 97.7 cm³/mol. The van der Waals surface area contributed by atoms with Crippen LogP contribution in [0.25, 0.3) is 0 Å². The molecule has 1 atom stereocenters. The van der Waals surface area contributed by atoms with Crippen molar-refractivity contribution in [2.75, 3.05) is 24.9 Å². The van der Waals surface area contributed by atoms with E-state index < -0.39 is 6.04 Å². The van der Waals surface area contributed by atoms with Crippen LogP contribution in [0.4, 0.5) is 11.4 Å². The zero-order valence-electron chi connectivity index (χ0n) is 14.8. The van der Waals surface area contributed by atoms with Crippen LogP contribution in [-0.2, 0) is 4.79 Å². The van der Waals surface area contributed by atoms with Crippen molar-refractivity contribution in [3.8, 4) is 11.5 Å². The van der Waals surface area contributed by atoms with Gasteiger partial charge in [0.2, 0.25) is 5.91 Å². The second-order valence-electron chi connectivity index (χ2n) is 5.56.